The van der Waals surface area contributed by atoms with Gasteiger partial charge in [0.25, 0.3) is 0 Å². The van der Waals surface area contributed by atoms with Crippen LogP contribution in [0.25, 0.3) is 0 Å². The highest BCUT2D eigenvalue weighted by Crippen LogP contribution is 2.28. The number of aromatic hydroxyl groups is 1. The van der Waals surface area contributed by atoms with E-state index in [1.807, 2.05) is 4.90 Å². The molecule has 0 atom stereocenters. The molecule has 1 saturated heterocycles. The summed E-state index contributed by atoms with van der Waals surface area (Å²) in [6.45, 7) is 4.11. The number of hydrogen-bond donors (Lipinski definition) is 1. The molecule has 92 valence electrons. The van der Waals surface area contributed by atoms with Crippen LogP contribution in [-0.4, -0.2) is 42.1 Å². The molecule has 2 rings (SSSR count). The molecule has 0 spiro atoms. The number of halogens is 1. The van der Waals surface area contributed by atoms with Crippen LogP contribution in [0.1, 0.15) is 6.92 Å². The van der Waals surface area contributed by atoms with Gasteiger partial charge in [0.05, 0.1) is 5.69 Å². The summed E-state index contributed by atoms with van der Waals surface area (Å²) < 4.78 is 12.9. The predicted octanol–water partition coefficient (Wildman–Crippen LogP) is 1.20. The number of carbonyl (C=O) groups is 1. The maximum absolute atomic E-state index is 12.9. The molecule has 0 aliphatic carbocycles. The standard InChI is InChI=1S/C12H15FN2O2/c1-9(16)14-4-6-15(7-5-14)11-3-2-10(13)8-12(11)17/h2-3,8,17H,4-7H2,1H3. The molecule has 1 fully saturated rings. The molecule has 0 bridgehead atoms. The van der Waals surface area contributed by atoms with Crippen LogP contribution in [0.15, 0.2) is 18.2 Å². The first kappa shape index (κ1) is 11.7. The molecule has 4 nitrogen and oxygen atoms in total. The van der Waals surface area contributed by atoms with E-state index >= 15 is 0 Å². The number of phenolic OH excluding ortho intramolecular Hbond substituents is 1. The summed E-state index contributed by atoms with van der Waals surface area (Å²) in [5.74, 6) is -0.442. The minimum atomic E-state index is -0.450. The normalized spacial score (nSPS) is 16.1. The molecule has 0 aromatic heterocycles. The number of hydrogen-bond acceptors (Lipinski definition) is 3. The van der Waals surface area contributed by atoms with Crippen molar-refractivity contribution < 1.29 is 14.3 Å². The van der Waals surface area contributed by atoms with Gasteiger partial charge in [-0.25, -0.2) is 4.39 Å². The molecule has 1 amide bonds. The van der Waals surface area contributed by atoms with Crippen molar-refractivity contribution in [2.75, 3.05) is 31.1 Å². The Morgan fingerprint density at radius 1 is 1.29 bits per heavy atom. The van der Waals surface area contributed by atoms with Crippen molar-refractivity contribution in [1.82, 2.24) is 4.90 Å². The molecule has 1 aromatic carbocycles. The van der Waals surface area contributed by atoms with Crippen LogP contribution < -0.4 is 4.90 Å². The van der Waals surface area contributed by atoms with E-state index in [2.05, 4.69) is 0 Å². The van der Waals surface area contributed by atoms with Gasteiger partial charge in [-0.15, -0.1) is 0 Å². The van der Waals surface area contributed by atoms with Gasteiger partial charge < -0.3 is 14.9 Å². The van der Waals surface area contributed by atoms with E-state index in [4.69, 9.17) is 0 Å². The van der Waals surface area contributed by atoms with E-state index in [0.29, 0.717) is 31.9 Å². The Morgan fingerprint density at radius 3 is 2.47 bits per heavy atom. The maximum atomic E-state index is 12.9. The van der Waals surface area contributed by atoms with Crippen molar-refractivity contribution in [2.45, 2.75) is 6.92 Å². The first-order valence-electron chi connectivity index (χ1n) is 5.57. The Balaban J connectivity index is 2.08. The summed E-state index contributed by atoms with van der Waals surface area (Å²) >= 11 is 0. The molecule has 1 aromatic rings. The Labute approximate surface area is 99.3 Å². The van der Waals surface area contributed by atoms with Crippen LogP contribution in [0.3, 0.4) is 0 Å². The molecule has 0 saturated carbocycles. The lowest BCUT2D eigenvalue weighted by molar-refractivity contribution is -0.129. The van der Waals surface area contributed by atoms with E-state index in [-0.39, 0.29) is 11.7 Å². The predicted molar refractivity (Wildman–Crippen MR) is 62.5 cm³/mol. The van der Waals surface area contributed by atoms with Gasteiger partial charge in [-0.1, -0.05) is 0 Å². The van der Waals surface area contributed by atoms with E-state index < -0.39 is 5.82 Å². The number of phenols is 1. The Hall–Kier alpha value is -1.78. The van der Waals surface area contributed by atoms with E-state index in [9.17, 15) is 14.3 Å². The molecule has 1 aliphatic heterocycles. The molecule has 0 unspecified atom stereocenters. The second kappa shape index (κ2) is 4.61. The monoisotopic (exact) mass is 238 g/mol. The Morgan fingerprint density at radius 2 is 1.94 bits per heavy atom. The topological polar surface area (TPSA) is 43.8 Å². The molecule has 1 aliphatic rings. The highest BCUT2D eigenvalue weighted by molar-refractivity contribution is 5.73. The summed E-state index contributed by atoms with van der Waals surface area (Å²) in [6, 6.07) is 3.99. The van der Waals surface area contributed by atoms with Gasteiger partial charge in [0.1, 0.15) is 11.6 Å². The van der Waals surface area contributed by atoms with Gasteiger partial charge in [-0.3, -0.25) is 4.79 Å². The van der Waals surface area contributed by atoms with Gasteiger partial charge in [-0.2, -0.15) is 0 Å². The number of nitrogens with zero attached hydrogens (tertiary/aromatic N) is 2. The number of piperazine rings is 1. The average Bonchev–Trinajstić information content (AvgIpc) is 2.29. The lowest BCUT2D eigenvalue weighted by Crippen LogP contribution is -2.48. The number of amides is 1. The van der Waals surface area contributed by atoms with Gasteiger partial charge in [0, 0.05) is 39.2 Å². The fraction of sp³-hybridized carbons (Fsp3) is 0.417. The van der Waals surface area contributed by atoms with Gasteiger partial charge >= 0.3 is 0 Å². The molecule has 17 heavy (non-hydrogen) atoms. The van der Waals surface area contributed by atoms with E-state index in [1.165, 1.54) is 6.07 Å². The molecule has 1 N–H and O–H groups in total. The third kappa shape index (κ3) is 2.49. The van der Waals surface area contributed by atoms with Crippen LogP contribution >= 0.6 is 0 Å². The van der Waals surface area contributed by atoms with Crippen molar-refractivity contribution in [1.29, 1.82) is 0 Å². The second-order valence-corrected chi connectivity index (χ2v) is 4.13. The molecule has 1 heterocycles. The highest BCUT2D eigenvalue weighted by atomic mass is 19.1. The van der Waals surface area contributed by atoms with E-state index in [0.717, 1.165) is 6.07 Å². The third-order valence-electron chi connectivity index (χ3n) is 3.00. The average molecular weight is 238 g/mol. The zero-order valence-corrected chi connectivity index (χ0v) is 9.69. The SMILES string of the molecule is CC(=O)N1CCN(c2ccc(F)cc2O)CC1. The number of rotatable bonds is 1. The van der Waals surface area contributed by atoms with Gasteiger partial charge in [-0.05, 0) is 12.1 Å². The Bertz CT molecular complexity index is 429. The van der Waals surface area contributed by atoms with Crippen LogP contribution in [0.4, 0.5) is 10.1 Å². The second-order valence-electron chi connectivity index (χ2n) is 4.13. The lowest BCUT2D eigenvalue weighted by atomic mass is 10.2. The van der Waals surface area contributed by atoms with Gasteiger partial charge in [0.15, 0.2) is 0 Å². The molecule has 0 radical (unpaired) electrons. The largest absolute Gasteiger partial charge is 0.506 e. The van der Waals surface area contributed by atoms with Crippen molar-refractivity contribution >= 4 is 11.6 Å². The lowest BCUT2D eigenvalue weighted by Gasteiger charge is -2.35. The zero-order valence-electron chi connectivity index (χ0n) is 9.69. The fourth-order valence-corrected chi connectivity index (χ4v) is 2.03. The van der Waals surface area contributed by atoms with Crippen LogP contribution in [0, 0.1) is 5.82 Å². The van der Waals surface area contributed by atoms with Crippen molar-refractivity contribution in [3.63, 3.8) is 0 Å². The number of carbonyl (C=O) groups excluding carboxylic acids is 1. The summed E-state index contributed by atoms with van der Waals surface area (Å²) in [5, 5.41) is 9.66. The highest BCUT2D eigenvalue weighted by Gasteiger charge is 2.20. The minimum Gasteiger partial charge on any atom is -0.506 e. The van der Waals surface area contributed by atoms with Crippen molar-refractivity contribution in [3.05, 3.63) is 24.0 Å². The van der Waals surface area contributed by atoms with Crippen LogP contribution in [0.5, 0.6) is 5.75 Å². The summed E-state index contributed by atoms with van der Waals surface area (Å²) in [5.41, 5.74) is 0.620. The van der Waals surface area contributed by atoms with Crippen molar-refractivity contribution in [3.8, 4) is 5.75 Å². The minimum absolute atomic E-state index is 0.0544. The zero-order chi connectivity index (χ0) is 12.4. The Kier molecular flexibility index (Phi) is 3.17. The summed E-state index contributed by atoms with van der Waals surface area (Å²) in [7, 11) is 0. The van der Waals surface area contributed by atoms with Crippen molar-refractivity contribution in [2.24, 2.45) is 0 Å². The smallest absolute Gasteiger partial charge is 0.219 e. The van der Waals surface area contributed by atoms with Gasteiger partial charge in [0.2, 0.25) is 5.91 Å². The first-order chi connectivity index (χ1) is 8.08. The number of benzene rings is 1. The molecular formula is C12H15FN2O2. The summed E-state index contributed by atoms with van der Waals surface area (Å²) in [4.78, 5) is 14.9. The molecular weight excluding hydrogens is 223 g/mol. The number of anilines is 1. The van der Waals surface area contributed by atoms with E-state index in [1.54, 1.807) is 17.9 Å². The quantitative estimate of drug-likeness (QED) is 0.799. The maximum Gasteiger partial charge on any atom is 0.219 e. The fourth-order valence-electron chi connectivity index (χ4n) is 2.03. The van der Waals surface area contributed by atoms with Crippen LogP contribution in [-0.2, 0) is 4.79 Å². The first-order valence-corrected chi connectivity index (χ1v) is 5.57. The third-order valence-corrected chi connectivity index (χ3v) is 3.00. The summed E-state index contributed by atoms with van der Waals surface area (Å²) in [6.07, 6.45) is 0. The van der Waals surface area contributed by atoms with Crippen LogP contribution in [0.2, 0.25) is 0 Å². The molecule has 5 heteroatoms.